The number of ketones is 1. The fourth-order valence-corrected chi connectivity index (χ4v) is 1.60. The molecule has 0 aromatic heterocycles. The van der Waals surface area contributed by atoms with E-state index in [0.717, 1.165) is 24.8 Å². The number of allylic oxidation sites excluding steroid dienone is 1. The van der Waals surface area contributed by atoms with Crippen LogP contribution in [0.25, 0.3) is 6.08 Å². The molecule has 2 heteroatoms. The molecule has 1 atom stereocenters. The molecule has 1 nitrogen and oxygen atoms in total. The van der Waals surface area contributed by atoms with Crippen LogP contribution in [0.15, 0.2) is 36.4 Å². The van der Waals surface area contributed by atoms with Gasteiger partial charge in [-0.15, -0.1) is 11.6 Å². The van der Waals surface area contributed by atoms with Crippen molar-refractivity contribution in [1.29, 1.82) is 0 Å². The zero-order chi connectivity index (χ0) is 11.8. The van der Waals surface area contributed by atoms with E-state index in [9.17, 15) is 4.79 Å². The number of hydrogen-bond donors (Lipinski definition) is 0. The van der Waals surface area contributed by atoms with Crippen molar-refractivity contribution in [2.75, 3.05) is 0 Å². The van der Waals surface area contributed by atoms with Crippen molar-refractivity contribution in [2.45, 2.75) is 31.6 Å². The maximum absolute atomic E-state index is 11.6. The van der Waals surface area contributed by atoms with E-state index >= 15 is 0 Å². The zero-order valence-electron chi connectivity index (χ0n) is 9.53. The smallest absolute Gasteiger partial charge is 0.173 e. The van der Waals surface area contributed by atoms with Crippen molar-refractivity contribution in [2.24, 2.45) is 0 Å². The third-order valence-corrected chi connectivity index (χ3v) is 2.79. The van der Waals surface area contributed by atoms with Gasteiger partial charge >= 0.3 is 0 Å². The van der Waals surface area contributed by atoms with Crippen LogP contribution in [0.3, 0.4) is 0 Å². The van der Waals surface area contributed by atoms with Gasteiger partial charge in [-0.1, -0.05) is 56.2 Å². The quantitative estimate of drug-likeness (QED) is 0.538. The molecule has 86 valence electrons. The molecular weight excluding hydrogens is 220 g/mol. The first-order chi connectivity index (χ1) is 7.74. The van der Waals surface area contributed by atoms with Crippen LogP contribution in [0.5, 0.6) is 0 Å². The lowest BCUT2D eigenvalue weighted by Gasteiger charge is -2.03. The molecule has 0 aliphatic rings. The summed E-state index contributed by atoms with van der Waals surface area (Å²) in [5.41, 5.74) is 1.02. The number of carbonyl (C=O) groups is 1. The maximum Gasteiger partial charge on any atom is 0.173 e. The number of halogens is 1. The first kappa shape index (κ1) is 13.0. The summed E-state index contributed by atoms with van der Waals surface area (Å²) < 4.78 is 0. The standard InChI is InChI=1S/C14H17ClO/c1-2-3-9-13(15)14(16)11-10-12-7-5-4-6-8-12/h4-8,10-11,13H,2-3,9H2,1H3/b11-10+. The van der Waals surface area contributed by atoms with Gasteiger partial charge < -0.3 is 0 Å². The van der Waals surface area contributed by atoms with Crippen LogP contribution in [0.4, 0.5) is 0 Å². The van der Waals surface area contributed by atoms with Gasteiger partial charge in [0.15, 0.2) is 5.78 Å². The summed E-state index contributed by atoms with van der Waals surface area (Å²) in [7, 11) is 0. The minimum Gasteiger partial charge on any atom is -0.293 e. The van der Waals surface area contributed by atoms with Crippen molar-refractivity contribution < 1.29 is 4.79 Å². The fourth-order valence-electron chi connectivity index (χ4n) is 1.37. The van der Waals surface area contributed by atoms with Crippen molar-refractivity contribution >= 4 is 23.5 Å². The SMILES string of the molecule is CCCCC(Cl)C(=O)/C=C/c1ccccc1. The van der Waals surface area contributed by atoms with Crippen LogP contribution in [0.1, 0.15) is 31.7 Å². The largest absolute Gasteiger partial charge is 0.293 e. The number of hydrogen-bond acceptors (Lipinski definition) is 1. The Morgan fingerprint density at radius 1 is 1.38 bits per heavy atom. The Labute approximate surface area is 102 Å². The van der Waals surface area contributed by atoms with Gasteiger partial charge in [-0.25, -0.2) is 0 Å². The van der Waals surface area contributed by atoms with E-state index in [1.165, 1.54) is 0 Å². The number of alkyl halides is 1. The first-order valence-electron chi connectivity index (χ1n) is 5.65. The molecular formula is C14H17ClO. The van der Waals surface area contributed by atoms with E-state index in [1.54, 1.807) is 6.08 Å². The summed E-state index contributed by atoms with van der Waals surface area (Å²) in [4.78, 5) is 11.6. The van der Waals surface area contributed by atoms with Gasteiger partial charge in [0.2, 0.25) is 0 Å². The normalized spacial score (nSPS) is 12.9. The Morgan fingerprint density at radius 2 is 2.06 bits per heavy atom. The topological polar surface area (TPSA) is 17.1 Å². The Morgan fingerprint density at radius 3 is 2.69 bits per heavy atom. The molecule has 1 aromatic carbocycles. The molecule has 0 aliphatic heterocycles. The monoisotopic (exact) mass is 236 g/mol. The molecule has 1 rings (SSSR count). The maximum atomic E-state index is 11.6. The third kappa shape index (κ3) is 4.63. The van der Waals surface area contributed by atoms with Crippen LogP contribution in [0.2, 0.25) is 0 Å². The van der Waals surface area contributed by atoms with Gasteiger partial charge in [0.05, 0.1) is 5.38 Å². The lowest BCUT2D eigenvalue weighted by atomic mass is 10.1. The van der Waals surface area contributed by atoms with E-state index in [0.29, 0.717) is 0 Å². The van der Waals surface area contributed by atoms with Crippen molar-refractivity contribution in [3.05, 3.63) is 42.0 Å². The lowest BCUT2D eigenvalue weighted by molar-refractivity contribution is -0.114. The predicted octanol–water partition coefficient (Wildman–Crippen LogP) is 4.07. The van der Waals surface area contributed by atoms with Gasteiger partial charge in [0.1, 0.15) is 0 Å². The first-order valence-corrected chi connectivity index (χ1v) is 6.08. The van der Waals surface area contributed by atoms with Crippen molar-refractivity contribution in [3.63, 3.8) is 0 Å². The lowest BCUT2D eigenvalue weighted by Crippen LogP contribution is -2.10. The summed E-state index contributed by atoms with van der Waals surface area (Å²) in [5.74, 6) is -0.000954. The second kappa shape index (κ2) is 7.24. The van der Waals surface area contributed by atoms with E-state index < -0.39 is 0 Å². The third-order valence-electron chi connectivity index (χ3n) is 2.36. The van der Waals surface area contributed by atoms with E-state index in [2.05, 4.69) is 6.92 Å². The van der Waals surface area contributed by atoms with Gasteiger partial charge in [-0.05, 0) is 18.1 Å². The highest BCUT2D eigenvalue weighted by Crippen LogP contribution is 2.10. The second-order valence-electron chi connectivity index (χ2n) is 3.76. The Kier molecular flexibility index (Phi) is 5.87. The Bertz CT molecular complexity index is 343. The molecule has 0 saturated carbocycles. The van der Waals surface area contributed by atoms with Crippen LogP contribution in [-0.4, -0.2) is 11.2 Å². The highest BCUT2D eigenvalue weighted by atomic mass is 35.5. The second-order valence-corrected chi connectivity index (χ2v) is 4.28. The molecule has 0 aliphatic carbocycles. The average Bonchev–Trinajstić information content (AvgIpc) is 2.34. The number of carbonyl (C=O) groups excluding carboxylic acids is 1. The number of rotatable bonds is 6. The Balaban J connectivity index is 2.48. The number of unbranched alkanes of at least 4 members (excludes halogenated alkanes) is 1. The molecule has 0 heterocycles. The Hall–Kier alpha value is -1.08. The molecule has 0 fully saturated rings. The highest BCUT2D eigenvalue weighted by molar-refractivity contribution is 6.33. The minimum atomic E-state index is -0.375. The van der Waals surface area contributed by atoms with Crippen LogP contribution in [-0.2, 0) is 4.79 Å². The van der Waals surface area contributed by atoms with E-state index in [4.69, 9.17) is 11.6 Å². The van der Waals surface area contributed by atoms with Crippen LogP contribution < -0.4 is 0 Å². The van der Waals surface area contributed by atoms with Gasteiger partial charge in [0, 0.05) is 0 Å². The van der Waals surface area contributed by atoms with E-state index in [1.807, 2.05) is 36.4 Å². The highest BCUT2D eigenvalue weighted by Gasteiger charge is 2.10. The van der Waals surface area contributed by atoms with Crippen molar-refractivity contribution in [3.8, 4) is 0 Å². The molecule has 1 unspecified atom stereocenters. The zero-order valence-corrected chi connectivity index (χ0v) is 10.3. The summed E-state index contributed by atoms with van der Waals surface area (Å²) in [5, 5.41) is -0.375. The van der Waals surface area contributed by atoms with Crippen molar-refractivity contribution in [1.82, 2.24) is 0 Å². The van der Waals surface area contributed by atoms with Crippen LogP contribution in [0, 0.1) is 0 Å². The molecule has 16 heavy (non-hydrogen) atoms. The van der Waals surface area contributed by atoms with Gasteiger partial charge in [0.25, 0.3) is 0 Å². The summed E-state index contributed by atoms with van der Waals surface area (Å²) in [6, 6.07) is 9.75. The van der Waals surface area contributed by atoms with Gasteiger partial charge in [-0.2, -0.15) is 0 Å². The minimum absolute atomic E-state index is 0.000954. The number of benzene rings is 1. The average molecular weight is 237 g/mol. The van der Waals surface area contributed by atoms with Gasteiger partial charge in [-0.3, -0.25) is 4.79 Å². The summed E-state index contributed by atoms with van der Waals surface area (Å²) in [6.07, 6.45) is 6.21. The summed E-state index contributed by atoms with van der Waals surface area (Å²) >= 11 is 5.98. The molecule has 0 saturated heterocycles. The molecule has 0 radical (unpaired) electrons. The molecule has 0 N–H and O–H groups in total. The molecule has 0 bridgehead atoms. The summed E-state index contributed by atoms with van der Waals surface area (Å²) in [6.45, 7) is 2.09. The predicted molar refractivity (Wildman–Crippen MR) is 69.6 cm³/mol. The van der Waals surface area contributed by atoms with Crippen LogP contribution >= 0.6 is 11.6 Å². The molecule has 1 aromatic rings. The molecule has 0 spiro atoms. The van der Waals surface area contributed by atoms with E-state index in [-0.39, 0.29) is 11.2 Å². The fraction of sp³-hybridized carbons (Fsp3) is 0.357. The molecule has 0 amide bonds.